The van der Waals surface area contributed by atoms with Crippen LogP contribution in [-0.2, 0) is 14.3 Å². The van der Waals surface area contributed by atoms with Gasteiger partial charge in [-0.05, 0) is 6.92 Å². The van der Waals surface area contributed by atoms with E-state index in [0.717, 1.165) is 5.01 Å². The lowest BCUT2D eigenvalue weighted by atomic mass is 10.1. The fourth-order valence-corrected chi connectivity index (χ4v) is 3.52. The van der Waals surface area contributed by atoms with E-state index in [0.29, 0.717) is 31.9 Å². The van der Waals surface area contributed by atoms with Crippen LogP contribution in [0, 0.1) is 6.92 Å². The summed E-state index contributed by atoms with van der Waals surface area (Å²) in [6, 6.07) is -0.0971. The molecular weight excluding hydrogens is 306 g/mol. The van der Waals surface area contributed by atoms with Crippen LogP contribution in [0.25, 0.3) is 0 Å². The first kappa shape index (κ1) is 15.4. The van der Waals surface area contributed by atoms with Crippen molar-refractivity contribution in [2.75, 3.05) is 40.0 Å². The number of nitrogens with zero attached hydrogens (tertiary/aromatic N) is 3. The maximum absolute atomic E-state index is 12.5. The van der Waals surface area contributed by atoms with Crippen LogP contribution >= 0.6 is 11.3 Å². The van der Waals surface area contributed by atoms with Gasteiger partial charge in [0.25, 0.3) is 5.91 Å². The molecule has 2 amide bonds. The summed E-state index contributed by atoms with van der Waals surface area (Å²) in [5.74, 6) is -0.140. The fraction of sp³-hybridized carbons (Fsp3) is 0.643. The first-order valence-corrected chi connectivity index (χ1v) is 8.09. The van der Waals surface area contributed by atoms with E-state index in [2.05, 4.69) is 4.98 Å². The van der Waals surface area contributed by atoms with Crippen LogP contribution in [0.1, 0.15) is 15.5 Å². The predicted molar refractivity (Wildman–Crippen MR) is 79.9 cm³/mol. The van der Waals surface area contributed by atoms with Gasteiger partial charge in [0.15, 0.2) is 0 Å². The summed E-state index contributed by atoms with van der Waals surface area (Å²) in [6.45, 7) is 3.93. The molecule has 0 unspecified atom stereocenters. The van der Waals surface area contributed by atoms with E-state index in [9.17, 15) is 9.59 Å². The minimum Gasteiger partial charge on any atom is -0.383 e. The number of thiazole rings is 1. The van der Waals surface area contributed by atoms with Gasteiger partial charge in [0.1, 0.15) is 12.3 Å². The third kappa shape index (κ3) is 2.86. The maximum Gasteiger partial charge on any atom is 0.273 e. The van der Waals surface area contributed by atoms with E-state index in [1.165, 1.54) is 11.3 Å². The molecule has 1 aromatic heterocycles. The van der Waals surface area contributed by atoms with Gasteiger partial charge >= 0.3 is 0 Å². The highest BCUT2D eigenvalue weighted by Gasteiger charge is 2.44. The van der Waals surface area contributed by atoms with E-state index in [-0.39, 0.29) is 30.6 Å². The molecule has 1 aromatic rings. The average Bonchev–Trinajstić information content (AvgIpc) is 3.12. The van der Waals surface area contributed by atoms with Gasteiger partial charge in [-0.15, -0.1) is 11.3 Å². The minimum atomic E-state index is -0.127. The lowest BCUT2D eigenvalue weighted by Crippen LogP contribution is -2.54. The molecule has 2 aliphatic heterocycles. The number of morpholine rings is 1. The minimum absolute atomic E-state index is 0.0444. The molecule has 0 radical (unpaired) electrons. The van der Waals surface area contributed by atoms with Crippen LogP contribution in [-0.4, -0.2) is 78.7 Å². The second-order valence-corrected chi connectivity index (χ2v) is 6.52. The van der Waals surface area contributed by atoms with Gasteiger partial charge in [0, 0.05) is 32.1 Å². The number of ether oxygens (including phenoxy) is 2. The fourth-order valence-electron chi connectivity index (χ4n) is 2.94. The highest BCUT2D eigenvalue weighted by Crippen LogP contribution is 2.25. The van der Waals surface area contributed by atoms with Gasteiger partial charge in [-0.1, -0.05) is 0 Å². The quantitative estimate of drug-likeness (QED) is 0.788. The van der Waals surface area contributed by atoms with Crippen molar-refractivity contribution in [1.29, 1.82) is 0 Å². The summed E-state index contributed by atoms with van der Waals surface area (Å²) in [5, 5.41) is 2.64. The van der Waals surface area contributed by atoms with Crippen LogP contribution in [0.15, 0.2) is 5.38 Å². The first-order chi connectivity index (χ1) is 10.6. The normalized spacial score (nSPS) is 24.7. The number of rotatable bonds is 4. The Morgan fingerprint density at radius 3 is 3.05 bits per heavy atom. The summed E-state index contributed by atoms with van der Waals surface area (Å²) in [7, 11) is 1.61. The van der Waals surface area contributed by atoms with Gasteiger partial charge in [-0.25, -0.2) is 4.98 Å². The van der Waals surface area contributed by atoms with E-state index in [1.807, 2.05) is 6.92 Å². The molecule has 2 aliphatic rings. The van der Waals surface area contributed by atoms with E-state index in [4.69, 9.17) is 9.47 Å². The van der Waals surface area contributed by atoms with E-state index >= 15 is 0 Å². The predicted octanol–water partition coefficient (Wildman–Crippen LogP) is 0.150. The second-order valence-electron chi connectivity index (χ2n) is 5.46. The summed E-state index contributed by atoms with van der Waals surface area (Å²) in [4.78, 5) is 32.3. The Labute approximate surface area is 132 Å². The number of hydrogen-bond acceptors (Lipinski definition) is 6. The Morgan fingerprint density at radius 2 is 2.36 bits per heavy atom. The summed E-state index contributed by atoms with van der Waals surface area (Å²) >= 11 is 1.46. The molecule has 2 fully saturated rings. The highest BCUT2D eigenvalue weighted by molar-refractivity contribution is 7.09. The van der Waals surface area contributed by atoms with Gasteiger partial charge in [0.2, 0.25) is 5.91 Å². The standard InChI is InChI=1S/C14H19N3O4S/c1-9-15-10(8-22-9)14(19)16-5-11-12(6-16)21-7-13(18)17(11)3-4-20-2/h8,11-12H,3-7H2,1-2H3/t11-,12-/m1/s1. The van der Waals surface area contributed by atoms with Crippen LogP contribution in [0.3, 0.4) is 0 Å². The molecule has 0 N–H and O–H groups in total. The van der Waals surface area contributed by atoms with Crippen molar-refractivity contribution in [2.24, 2.45) is 0 Å². The molecule has 2 atom stereocenters. The zero-order valence-corrected chi connectivity index (χ0v) is 13.5. The van der Waals surface area contributed by atoms with Crippen molar-refractivity contribution >= 4 is 23.2 Å². The van der Waals surface area contributed by atoms with Gasteiger partial charge in [0.05, 0.1) is 23.8 Å². The summed E-state index contributed by atoms with van der Waals surface area (Å²) in [6.07, 6.45) is -0.127. The largest absolute Gasteiger partial charge is 0.383 e. The number of carbonyl (C=O) groups is 2. The Hall–Kier alpha value is -1.51. The van der Waals surface area contributed by atoms with Crippen LogP contribution in [0.5, 0.6) is 0 Å². The maximum atomic E-state index is 12.5. The lowest BCUT2D eigenvalue weighted by Gasteiger charge is -2.36. The van der Waals surface area contributed by atoms with Gasteiger partial charge < -0.3 is 19.3 Å². The smallest absolute Gasteiger partial charge is 0.273 e. The monoisotopic (exact) mass is 325 g/mol. The molecule has 0 aliphatic carbocycles. The van der Waals surface area contributed by atoms with E-state index < -0.39 is 0 Å². The summed E-state index contributed by atoms with van der Waals surface area (Å²) in [5.41, 5.74) is 0.468. The van der Waals surface area contributed by atoms with Crippen molar-refractivity contribution in [2.45, 2.75) is 19.1 Å². The average molecular weight is 325 g/mol. The molecule has 0 saturated carbocycles. The molecule has 8 heteroatoms. The zero-order chi connectivity index (χ0) is 15.7. The number of carbonyl (C=O) groups excluding carboxylic acids is 2. The second kappa shape index (κ2) is 6.31. The molecule has 120 valence electrons. The molecule has 7 nitrogen and oxygen atoms in total. The SMILES string of the molecule is COCCN1C(=O)CO[C@@H]2CN(C(=O)c3csc(C)n3)C[C@H]21. The number of likely N-dealkylation sites (tertiary alicyclic amines) is 1. The molecular formula is C14H19N3O4S. The Morgan fingerprint density at radius 1 is 1.55 bits per heavy atom. The molecule has 3 rings (SSSR count). The van der Waals surface area contributed by atoms with Gasteiger partial charge in [-0.3, -0.25) is 9.59 Å². The Kier molecular flexibility index (Phi) is 4.42. The number of fused-ring (bicyclic) bond motifs is 1. The van der Waals surface area contributed by atoms with Crippen molar-refractivity contribution in [3.05, 3.63) is 16.1 Å². The summed E-state index contributed by atoms with van der Waals surface area (Å²) < 4.78 is 10.7. The first-order valence-electron chi connectivity index (χ1n) is 7.21. The van der Waals surface area contributed by atoms with Crippen molar-refractivity contribution in [1.82, 2.24) is 14.8 Å². The molecule has 0 spiro atoms. The number of aromatic nitrogens is 1. The third-order valence-electron chi connectivity index (χ3n) is 4.04. The molecule has 2 saturated heterocycles. The topological polar surface area (TPSA) is 72.0 Å². The van der Waals surface area contributed by atoms with Crippen LogP contribution in [0.4, 0.5) is 0 Å². The van der Waals surface area contributed by atoms with Crippen molar-refractivity contribution in [3.63, 3.8) is 0 Å². The molecule has 0 bridgehead atoms. The molecule has 3 heterocycles. The Balaban J connectivity index is 1.71. The van der Waals surface area contributed by atoms with E-state index in [1.54, 1.807) is 22.3 Å². The number of aryl methyl sites for hydroxylation is 1. The van der Waals surface area contributed by atoms with Gasteiger partial charge in [-0.2, -0.15) is 0 Å². The number of methoxy groups -OCH3 is 1. The number of hydrogen-bond donors (Lipinski definition) is 0. The van der Waals surface area contributed by atoms with Crippen LogP contribution in [0.2, 0.25) is 0 Å². The lowest BCUT2D eigenvalue weighted by molar-refractivity contribution is -0.153. The van der Waals surface area contributed by atoms with Crippen LogP contribution < -0.4 is 0 Å². The third-order valence-corrected chi connectivity index (χ3v) is 4.81. The molecule has 22 heavy (non-hydrogen) atoms. The Bertz CT molecular complexity index is 576. The highest BCUT2D eigenvalue weighted by atomic mass is 32.1. The van der Waals surface area contributed by atoms with Crippen molar-refractivity contribution in [3.8, 4) is 0 Å². The zero-order valence-electron chi connectivity index (χ0n) is 12.7. The molecule has 0 aromatic carbocycles. The van der Waals surface area contributed by atoms with Crippen molar-refractivity contribution < 1.29 is 19.1 Å². The number of amides is 2.